The zero-order valence-corrected chi connectivity index (χ0v) is 31.4. The van der Waals surface area contributed by atoms with E-state index in [0.29, 0.717) is 44.2 Å². The maximum atomic E-state index is 12.0. The standard InChI is InChI=1S/C24H48O12P2S4Si/c1-19(14-35-21(13-25)15-32-8-5-11-43(29-2,30-3)31-4)34-17-22(16-33-9-10-37(27)41-39)36-24-12-20(6-7-23(24)26)18-38(28)42-40/h19-26H,5-18H2,1-4H3. The molecule has 12 nitrogen and oxygen atoms in total. The van der Waals surface area contributed by atoms with Crippen LogP contribution in [0, 0.1) is 5.92 Å². The fourth-order valence-corrected chi connectivity index (χ4v) is 9.76. The minimum Gasteiger partial charge on any atom is -0.620 e. The van der Waals surface area contributed by atoms with Crippen LogP contribution in [-0.4, -0.2) is 129 Å². The normalized spacial score (nSPS) is 22.1. The molecule has 0 heterocycles. The molecule has 19 heteroatoms. The summed E-state index contributed by atoms with van der Waals surface area (Å²) in [5.41, 5.74) is 0. The van der Waals surface area contributed by atoms with Crippen LogP contribution in [0.15, 0.2) is 0 Å². The second-order valence-corrected chi connectivity index (χ2v) is 21.6. The van der Waals surface area contributed by atoms with Crippen LogP contribution in [-0.2, 0) is 78.3 Å². The summed E-state index contributed by atoms with van der Waals surface area (Å²) in [5.74, 6) is 0.151. The van der Waals surface area contributed by atoms with Crippen molar-refractivity contribution in [1.82, 2.24) is 0 Å². The third kappa shape index (κ3) is 18.4. The maximum Gasteiger partial charge on any atom is 0.500 e. The van der Waals surface area contributed by atoms with Crippen molar-refractivity contribution in [3.8, 4) is 0 Å². The second-order valence-electron chi connectivity index (χ2n) is 10.1. The minimum absolute atomic E-state index is 0.151. The summed E-state index contributed by atoms with van der Waals surface area (Å²) in [6, 6.07) is 0.608. The molecule has 1 saturated carbocycles. The van der Waals surface area contributed by atoms with Crippen LogP contribution >= 0.6 is 13.8 Å². The van der Waals surface area contributed by atoms with Crippen molar-refractivity contribution in [2.75, 3.05) is 79.9 Å². The molecule has 0 aromatic heterocycles. The third-order valence-corrected chi connectivity index (χ3v) is 16.4. The van der Waals surface area contributed by atoms with Crippen molar-refractivity contribution in [1.29, 1.82) is 0 Å². The second kappa shape index (κ2) is 25.3. The van der Waals surface area contributed by atoms with Gasteiger partial charge in [-0.2, -0.15) is 0 Å². The molecule has 1 aliphatic rings. The SMILES string of the molecule is CO[Si](CCCOCC(CO)OCC(C)OCC(COCC[P+]([O-])=S=S)OC1CC(C[P+]([O-])=S=S)CCC1O)(OC)OC. The van der Waals surface area contributed by atoms with E-state index in [0.717, 1.165) is 25.4 Å². The summed E-state index contributed by atoms with van der Waals surface area (Å²) in [6.45, 7) is 0.0377. The molecular weight excluding hydrogens is 699 g/mol. The van der Waals surface area contributed by atoms with E-state index in [-0.39, 0.29) is 51.7 Å². The van der Waals surface area contributed by atoms with Gasteiger partial charge in [0.1, 0.15) is 57.4 Å². The topological polar surface area (TPSA) is 160 Å². The van der Waals surface area contributed by atoms with Crippen LogP contribution in [0.25, 0.3) is 0 Å². The first-order valence-electron chi connectivity index (χ1n) is 14.1. The van der Waals surface area contributed by atoms with Crippen LogP contribution in [0.1, 0.15) is 32.6 Å². The van der Waals surface area contributed by atoms with E-state index in [4.69, 9.17) is 59.3 Å². The van der Waals surface area contributed by atoms with Crippen molar-refractivity contribution >= 4 is 64.0 Å². The highest BCUT2D eigenvalue weighted by molar-refractivity contribution is 8.34. The quantitative estimate of drug-likeness (QED) is 0.0752. The number of hydrogen-bond donors (Lipinski definition) is 2. The zero-order valence-electron chi connectivity index (χ0n) is 25.4. The zero-order chi connectivity index (χ0) is 32.1. The molecule has 254 valence electrons. The Balaban J connectivity index is 2.57. The lowest BCUT2D eigenvalue weighted by atomic mass is 9.86. The van der Waals surface area contributed by atoms with Gasteiger partial charge in [0.25, 0.3) is 0 Å². The Morgan fingerprint density at radius 1 is 0.907 bits per heavy atom. The van der Waals surface area contributed by atoms with Gasteiger partial charge in [0, 0.05) is 62.3 Å². The van der Waals surface area contributed by atoms with Gasteiger partial charge in [-0.1, -0.05) is 0 Å². The molecule has 0 bridgehead atoms. The summed E-state index contributed by atoms with van der Waals surface area (Å²) >= 11 is 9.62. The van der Waals surface area contributed by atoms with Crippen LogP contribution in [0.5, 0.6) is 0 Å². The fraction of sp³-hybridized carbons (Fsp3) is 1.00. The van der Waals surface area contributed by atoms with Gasteiger partial charge in [-0.25, -0.2) is 0 Å². The lowest BCUT2D eigenvalue weighted by molar-refractivity contribution is -0.159. The molecule has 8 atom stereocenters. The van der Waals surface area contributed by atoms with E-state index in [1.165, 1.54) is 0 Å². The van der Waals surface area contributed by atoms with E-state index >= 15 is 0 Å². The molecule has 1 aliphatic carbocycles. The van der Waals surface area contributed by atoms with E-state index < -0.39 is 47.1 Å². The molecule has 0 radical (unpaired) electrons. The predicted molar refractivity (Wildman–Crippen MR) is 175 cm³/mol. The summed E-state index contributed by atoms with van der Waals surface area (Å²) in [6.07, 6.45) is 0.923. The summed E-state index contributed by atoms with van der Waals surface area (Å²) in [7, 11) is 3.89. The molecule has 43 heavy (non-hydrogen) atoms. The van der Waals surface area contributed by atoms with E-state index in [1.807, 2.05) is 6.92 Å². The van der Waals surface area contributed by atoms with Gasteiger partial charge in [-0.15, -0.1) is 0 Å². The first kappa shape index (κ1) is 42.2. The monoisotopic (exact) mass is 746 g/mol. The predicted octanol–water partition coefficient (Wildman–Crippen LogP) is 0.419. The number of ether oxygens (including phenoxy) is 5. The van der Waals surface area contributed by atoms with Gasteiger partial charge in [-0.05, 0) is 32.6 Å². The van der Waals surface area contributed by atoms with Gasteiger partial charge in [0.05, 0.1) is 58.0 Å². The van der Waals surface area contributed by atoms with Gasteiger partial charge in [0.2, 0.25) is 0 Å². The number of aliphatic hydroxyl groups excluding tert-OH is 2. The van der Waals surface area contributed by atoms with Crippen LogP contribution < -0.4 is 9.79 Å². The summed E-state index contributed by atoms with van der Waals surface area (Å²) in [4.78, 5) is 23.7. The number of rotatable bonds is 25. The maximum absolute atomic E-state index is 12.0. The Bertz CT molecular complexity index is 860. The highest BCUT2D eigenvalue weighted by Gasteiger charge is 2.37. The van der Waals surface area contributed by atoms with Crippen LogP contribution in [0.2, 0.25) is 6.04 Å². The molecule has 0 aromatic carbocycles. The lowest BCUT2D eigenvalue weighted by Gasteiger charge is -2.35. The van der Waals surface area contributed by atoms with Crippen molar-refractivity contribution in [2.24, 2.45) is 5.92 Å². The van der Waals surface area contributed by atoms with Gasteiger partial charge < -0.3 is 57.0 Å². The van der Waals surface area contributed by atoms with Gasteiger partial charge >= 0.3 is 8.80 Å². The smallest absolute Gasteiger partial charge is 0.500 e. The molecule has 0 amide bonds. The van der Waals surface area contributed by atoms with Crippen molar-refractivity contribution in [3.63, 3.8) is 0 Å². The van der Waals surface area contributed by atoms with Crippen molar-refractivity contribution in [2.45, 2.75) is 69.2 Å². The first-order chi connectivity index (χ1) is 20.6. The molecular formula is C24H48O12P2S4Si. The van der Waals surface area contributed by atoms with Crippen LogP contribution in [0.4, 0.5) is 0 Å². The molecule has 1 rings (SSSR count). The fourth-order valence-electron chi connectivity index (χ4n) is 4.42. The average Bonchev–Trinajstić information content (AvgIpc) is 3.02. The van der Waals surface area contributed by atoms with Gasteiger partial charge in [0.15, 0.2) is 0 Å². The lowest BCUT2D eigenvalue weighted by Crippen LogP contribution is -2.42. The number of aliphatic hydroxyl groups is 2. The van der Waals surface area contributed by atoms with E-state index in [1.54, 1.807) is 21.3 Å². The number of hydrogen-bond acceptors (Lipinski definition) is 14. The summed E-state index contributed by atoms with van der Waals surface area (Å²) < 4.78 is 45.6. The molecule has 2 N–H and O–H groups in total. The Hall–Kier alpha value is 1.22. The Morgan fingerprint density at radius 3 is 2.19 bits per heavy atom. The summed E-state index contributed by atoms with van der Waals surface area (Å²) in [5, 5.41) is 20.3. The van der Waals surface area contributed by atoms with Crippen LogP contribution in [0.3, 0.4) is 0 Å². The minimum atomic E-state index is -2.64. The Morgan fingerprint density at radius 2 is 1.56 bits per heavy atom. The highest BCUT2D eigenvalue weighted by atomic mass is 32.9. The molecule has 0 aliphatic heterocycles. The highest BCUT2D eigenvalue weighted by Crippen LogP contribution is 2.32. The van der Waals surface area contributed by atoms with Gasteiger partial charge in [-0.3, -0.25) is 0 Å². The Labute approximate surface area is 274 Å². The molecule has 0 spiro atoms. The van der Waals surface area contributed by atoms with Crippen molar-refractivity contribution in [3.05, 3.63) is 0 Å². The first-order valence-corrected chi connectivity index (χ1v) is 23.6. The molecule has 0 aromatic rings. The largest absolute Gasteiger partial charge is 0.620 e. The molecule has 1 fully saturated rings. The van der Waals surface area contributed by atoms with Crippen molar-refractivity contribution < 1.29 is 57.0 Å². The molecule has 0 saturated heterocycles. The van der Waals surface area contributed by atoms with E-state index in [2.05, 4.69) is 0 Å². The third-order valence-electron chi connectivity index (χ3n) is 6.87. The Kier molecular flexibility index (Phi) is 24.8. The molecule has 8 unspecified atom stereocenters. The average molecular weight is 747 g/mol. The van der Waals surface area contributed by atoms with E-state index in [9.17, 15) is 20.0 Å².